The lowest BCUT2D eigenvalue weighted by Crippen LogP contribution is -2.22. The Bertz CT molecular complexity index is 278. The molecule has 0 fully saturated rings. The topological polar surface area (TPSA) is 29.9 Å². The summed E-state index contributed by atoms with van der Waals surface area (Å²) in [6.45, 7) is 9.64. The van der Waals surface area contributed by atoms with Gasteiger partial charge in [0.25, 0.3) is 0 Å². The van der Waals surface area contributed by atoms with Crippen molar-refractivity contribution in [3.63, 3.8) is 0 Å². The van der Waals surface area contributed by atoms with Gasteiger partial charge in [0, 0.05) is 12.2 Å². The molecule has 1 rings (SSSR count). The van der Waals surface area contributed by atoms with Gasteiger partial charge in [-0.05, 0) is 31.9 Å². The summed E-state index contributed by atoms with van der Waals surface area (Å²) < 4.78 is 2.14. The molecule has 1 heterocycles. The molecular formula is C12H23N3. The molecule has 0 radical (unpaired) electrons. The lowest BCUT2D eigenvalue weighted by atomic mass is 10.2. The molecule has 0 bridgehead atoms. The molecular weight excluding hydrogens is 186 g/mol. The highest BCUT2D eigenvalue weighted by molar-refractivity contribution is 5.10. The van der Waals surface area contributed by atoms with E-state index in [0.717, 1.165) is 32.5 Å². The van der Waals surface area contributed by atoms with Crippen LogP contribution in [-0.2, 0) is 19.4 Å². The molecule has 0 aliphatic heterocycles. The van der Waals surface area contributed by atoms with E-state index in [9.17, 15) is 0 Å². The molecule has 0 aromatic carbocycles. The highest BCUT2D eigenvalue weighted by Gasteiger charge is 2.03. The summed E-state index contributed by atoms with van der Waals surface area (Å²) in [7, 11) is 0. The van der Waals surface area contributed by atoms with E-state index in [1.807, 2.05) is 0 Å². The zero-order valence-electron chi connectivity index (χ0n) is 10.2. The van der Waals surface area contributed by atoms with Gasteiger partial charge < -0.3 is 5.32 Å². The highest BCUT2D eigenvalue weighted by atomic mass is 15.3. The average Bonchev–Trinajstić information content (AvgIpc) is 2.67. The molecule has 15 heavy (non-hydrogen) atoms. The first-order valence-corrected chi connectivity index (χ1v) is 6.08. The van der Waals surface area contributed by atoms with Gasteiger partial charge in [-0.2, -0.15) is 5.10 Å². The van der Waals surface area contributed by atoms with E-state index in [-0.39, 0.29) is 0 Å². The van der Waals surface area contributed by atoms with Crippen molar-refractivity contribution in [2.45, 2.75) is 46.6 Å². The first-order chi connectivity index (χ1) is 7.31. The van der Waals surface area contributed by atoms with Gasteiger partial charge in [0.15, 0.2) is 0 Å². The van der Waals surface area contributed by atoms with Crippen molar-refractivity contribution in [2.75, 3.05) is 13.1 Å². The third-order valence-electron chi connectivity index (χ3n) is 2.57. The van der Waals surface area contributed by atoms with E-state index < -0.39 is 0 Å². The van der Waals surface area contributed by atoms with Gasteiger partial charge in [0.05, 0.1) is 12.2 Å². The molecule has 0 spiro atoms. The summed E-state index contributed by atoms with van der Waals surface area (Å²) >= 11 is 0. The SMILES string of the molecule is CCCNCCn1nc(CC)cc1CC. The molecule has 0 atom stereocenters. The lowest BCUT2D eigenvalue weighted by molar-refractivity contribution is 0.534. The quantitative estimate of drug-likeness (QED) is 0.696. The summed E-state index contributed by atoms with van der Waals surface area (Å²) in [4.78, 5) is 0. The van der Waals surface area contributed by atoms with E-state index in [2.05, 4.69) is 41.9 Å². The summed E-state index contributed by atoms with van der Waals surface area (Å²) in [5.41, 5.74) is 2.56. The molecule has 0 unspecified atom stereocenters. The summed E-state index contributed by atoms with van der Waals surface area (Å²) in [6, 6.07) is 2.22. The molecule has 0 amide bonds. The number of nitrogens with one attached hydrogen (secondary N) is 1. The van der Waals surface area contributed by atoms with Crippen molar-refractivity contribution >= 4 is 0 Å². The van der Waals surface area contributed by atoms with Crippen LogP contribution in [0.25, 0.3) is 0 Å². The molecule has 0 saturated heterocycles. The first kappa shape index (κ1) is 12.2. The van der Waals surface area contributed by atoms with Crippen LogP contribution in [0.2, 0.25) is 0 Å². The summed E-state index contributed by atoms with van der Waals surface area (Å²) in [5, 5.41) is 7.98. The Morgan fingerprint density at radius 1 is 1.20 bits per heavy atom. The predicted octanol–water partition coefficient (Wildman–Crippen LogP) is 2.01. The highest BCUT2D eigenvalue weighted by Crippen LogP contribution is 2.05. The van der Waals surface area contributed by atoms with Crippen LogP contribution in [0.1, 0.15) is 38.6 Å². The van der Waals surface area contributed by atoms with Crippen molar-refractivity contribution in [2.24, 2.45) is 0 Å². The van der Waals surface area contributed by atoms with Crippen molar-refractivity contribution in [1.29, 1.82) is 0 Å². The molecule has 3 heteroatoms. The van der Waals surface area contributed by atoms with Gasteiger partial charge in [0.2, 0.25) is 0 Å². The van der Waals surface area contributed by atoms with Crippen LogP contribution >= 0.6 is 0 Å². The second-order valence-electron chi connectivity index (χ2n) is 3.81. The molecule has 86 valence electrons. The molecule has 1 aromatic rings. The summed E-state index contributed by atoms with van der Waals surface area (Å²) in [6.07, 6.45) is 3.29. The van der Waals surface area contributed by atoms with Crippen LogP contribution in [0.3, 0.4) is 0 Å². The fourth-order valence-electron chi connectivity index (χ4n) is 1.65. The monoisotopic (exact) mass is 209 g/mol. The Hall–Kier alpha value is -0.830. The largest absolute Gasteiger partial charge is 0.315 e. The van der Waals surface area contributed by atoms with Crippen LogP contribution in [0.15, 0.2) is 6.07 Å². The van der Waals surface area contributed by atoms with E-state index >= 15 is 0 Å². The van der Waals surface area contributed by atoms with Crippen LogP contribution in [0.4, 0.5) is 0 Å². The summed E-state index contributed by atoms with van der Waals surface area (Å²) in [5.74, 6) is 0. The van der Waals surface area contributed by atoms with Crippen LogP contribution < -0.4 is 5.32 Å². The van der Waals surface area contributed by atoms with Crippen LogP contribution in [0.5, 0.6) is 0 Å². The van der Waals surface area contributed by atoms with Gasteiger partial charge in [-0.15, -0.1) is 0 Å². The van der Waals surface area contributed by atoms with E-state index in [1.165, 1.54) is 17.8 Å². The maximum absolute atomic E-state index is 4.57. The number of hydrogen-bond donors (Lipinski definition) is 1. The van der Waals surface area contributed by atoms with Crippen molar-refractivity contribution in [1.82, 2.24) is 15.1 Å². The van der Waals surface area contributed by atoms with Crippen LogP contribution in [-0.4, -0.2) is 22.9 Å². The van der Waals surface area contributed by atoms with Crippen molar-refractivity contribution < 1.29 is 0 Å². The number of aryl methyl sites for hydroxylation is 2. The van der Waals surface area contributed by atoms with Crippen LogP contribution in [0, 0.1) is 0 Å². The number of aromatic nitrogens is 2. The standard InChI is InChI=1S/C12H23N3/c1-4-7-13-8-9-15-12(6-3)10-11(5-2)14-15/h10,13H,4-9H2,1-3H3. The maximum Gasteiger partial charge on any atom is 0.0624 e. The van der Waals surface area contributed by atoms with Gasteiger partial charge in [0.1, 0.15) is 0 Å². The fraction of sp³-hybridized carbons (Fsp3) is 0.750. The normalized spacial score (nSPS) is 10.9. The molecule has 0 aliphatic carbocycles. The Kier molecular flexibility index (Phi) is 5.40. The maximum atomic E-state index is 4.57. The zero-order valence-corrected chi connectivity index (χ0v) is 10.2. The molecule has 3 nitrogen and oxygen atoms in total. The Morgan fingerprint density at radius 3 is 2.60 bits per heavy atom. The molecule has 1 N–H and O–H groups in total. The van der Waals surface area contributed by atoms with Gasteiger partial charge >= 0.3 is 0 Å². The fourth-order valence-corrected chi connectivity index (χ4v) is 1.65. The van der Waals surface area contributed by atoms with E-state index in [1.54, 1.807) is 0 Å². The third-order valence-corrected chi connectivity index (χ3v) is 2.57. The minimum absolute atomic E-state index is 0.989. The smallest absolute Gasteiger partial charge is 0.0624 e. The van der Waals surface area contributed by atoms with Gasteiger partial charge in [-0.3, -0.25) is 4.68 Å². The van der Waals surface area contributed by atoms with Gasteiger partial charge in [-0.1, -0.05) is 20.8 Å². The van der Waals surface area contributed by atoms with Crippen molar-refractivity contribution in [3.8, 4) is 0 Å². The second kappa shape index (κ2) is 6.62. The van der Waals surface area contributed by atoms with Crippen molar-refractivity contribution in [3.05, 3.63) is 17.5 Å². The first-order valence-electron chi connectivity index (χ1n) is 6.08. The zero-order chi connectivity index (χ0) is 11.1. The third kappa shape index (κ3) is 3.67. The minimum Gasteiger partial charge on any atom is -0.315 e. The van der Waals surface area contributed by atoms with E-state index in [0.29, 0.717) is 0 Å². The Morgan fingerprint density at radius 2 is 2.00 bits per heavy atom. The number of nitrogens with zero attached hydrogens (tertiary/aromatic N) is 2. The molecule has 0 aliphatic rings. The minimum atomic E-state index is 0.989. The second-order valence-corrected chi connectivity index (χ2v) is 3.81. The average molecular weight is 209 g/mol. The Labute approximate surface area is 92.9 Å². The number of rotatable bonds is 7. The lowest BCUT2D eigenvalue weighted by Gasteiger charge is -2.06. The molecule has 1 aromatic heterocycles. The number of hydrogen-bond acceptors (Lipinski definition) is 2. The molecule has 0 saturated carbocycles. The van der Waals surface area contributed by atoms with E-state index in [4.69, 9.17) is 0 Å². The Balaban J connectivity index is 2.47. The predicted molar refractivity (Wildman–Crippen MR) is 64.1 cm³/mol. The van der Waals surface area contributed by atoms with Gasteiger partial charge in [-0.25, -0.2) is 0 Å².